The summed E-state index contributed by atoms with van der Waals surface area (Å²) >= 11 is 1.26. The van der Waals surface area contributed by atoms with Crippen LogP contribution in [0, 0.1) is 12.7 Å². The molecule has 0 saturated heterocycles. The molecule has 0 spiro atoms. The third kappa shape index (κ3) is 5.50. The number of hydrogen-bond donors (Lipinski definition) is 1. The zero-order chi connectivity index (χ0) is 23.2. The van der Waals surface area contributed by atoms with Gasteiger partial charge in [0.2, 0.25) is 0 Å². The highest BCUT2D eigenvalue weighted by Gasteiger charge is 2.17. The lowest BCUT2D eigenvalue weighted by atomic mass is 10.1. The van der Waals surface area contributed by atoms with Crippen molar-refractivity contribution in [1.29, 1.82) is 0 Å². The molecule has 9 heteroatoms. The Morgan fingerprint density at radius 1 is 1.03 bits per heavy atom. The highest BCUT2D eigenvalue weighted by molar-refractivity contribution is 7.99. The number of pyridine rings is 1. The number of aryl methyl sites for hydroxylation is 1. The topological polar surface area (TPSA) is 85.1 Å². The predicted octanol–water partition coefficient (Wildman–Crippen LogP) is 4.41. The third-order valence-corrected chi connectivity index (χ3v) is 5.74. The Hall–Kier alpha value is -3.85. The summed E-state index contributed by atoms with van der Waals surface area (Å²) in [4.78, 5) is 16.5. The van der Waals surface area contributed by atoms with Crippen LogP contribution in [0.1, 0.15) is 18.1 Å². The summed E-state index contributed by atoms with van der Waals surface area (Å²) in [5.41, 5.74) is 6.75. The molecule has 4 rings (SSSR count). The monoisotopic (exact) mass is 460 g/mol. The van der Waals surface area contributed by atoms with Gasteiger partial charge in [-0.25, -0.2) is 9.82 Å². The summed E-state index contributed by atoms with van der Waals surface area (Å²) in [7, 11) is 0. The third-order valence-electron chi connectivity index (χ3n) is 4.81. The Labute approximate surface area is 194 Å². The molecule has 4 aromatic rings. The number of carbonyl (C=O) groups excluding carboxylic acids is 1. The van der Waals surface area contributed by atoms with Crippen molar-refractivity contribution in [3.05, 3.63) is 90.0 Å². The van der Waals surface area contributed by atoms with E-state index in [1.807, 2.05) is 47.9 Å². The Morgan fingerprint density at radius 2 is 1.73 bits per heavy atom. The number of rotatable bonds is 7. The minimum absolute atomic E-state index is 0.0978. The molecule has 0 aliphatic carbocycles. The number of nitrogens with zero attached hydrogens (tertiary/aromatic N) is 5. The molecular formula is C24H21FN6OS. The van der Waals surface area contributed by atoms with E-state index < -0.39 is 0 Å². The molecule has 1 amide bonds. The smallest absolute Gasteiger partial charge is 0.250 e. The molecule has 33 heavy (non-hydrogen) atoms. The molecule has 0 aliphatic rings. The Bertz CT molecular complexity index is 1270. The molecule has 166 valence electrons. The van der Waals surface area contributed by atoms with Gasteiger partial charge >= 0.3 is 0 Å². The molecule has 0 bridgehead atoms. The molecule has 7 nitrogen and oxygen atoms in total. The molecule has 0 radical (unpaired) electrons. The number of amides is 1. The fourth-order valence-electron chi connectivity index (χ4n) is 3.04. The summed E-state index contributed by atoms with van der Waals surface area (Å²) in [5.74, 6) is 0.149. The van der Waals surface area contributed by atoms with Crippen molar-refractivity contribution >= 4 is 23.4 Å². The van der Waals surface area contributed by atoms with E-state index in [0.29, 0.717) is 16.7 Å². The number of aromatic nitrogens is 4. The van der Waals surface area contributed by atoms with Crippen LogP contribution in [0.3, 0.4) is 0 Å². The lowest BCUT2D eigenvalue weighted by molar-refractivity contribution is -0.118. The van der Waals surface area contributed by atoms with Crippen LogP contribution in [0.25, 0.3) is 17.1 Å². The Balaban J connectivity index is 1.51. The SMILES string of the molecule is CC(=NNC(=O)CSc1nnc(-c2ccncc2)n1-c1ccc(C)cc1)c1ccc(F)cc1. The maximum Gasteiger partial charge on any atom is 0.250 e. The van der Waals surface area contributed by atoms with E-state index in [4.69, 9.17) is 0 Å². The van der Waals surface area contributed by atoms with Crippen LogP contribution in [0.2, 0.25) is 0 Å². The zero-order valence-corrected chi connectivity index (χ0v) is 18.9. The summed E-state index contributed by atoms with van der Waals surface area (Å²) in [6.45, 7) is 3.77. The van der Waals surface area contributed by atoms with Crippen LogP contribution in [-0.2, 0) is 4.79 Å². The largest absolute Gasteiger partial charge is 0.272 e. The lowest BCUT2D eigenvalue weighted by Crippen LogP contribution is -2.21. The molecule has 2 aromatic heterocycles. The van der Waals surface area contributed by atoms with Crippen LogP contribution in [-0.4, -0.2) is 37.1 Å². The number of benzene rings is 2. The predicted molar refractivity (Wildman–Crippen MR) is 127 cm³/mol. The number of hydrogen-bond acceptors (Lipinski definition) is 6. The molecule has 0 unspecified atom stereocenters. The van der Waals surface area contributed by atoms with E-state index in [9.17, 15) is 9.18 Å². The normalized spacial score (nSPS) is 11.4. The van der Waals surface area contributed by atoms with E-state index in [1.54, 1.807) is 31.5 Å². The summed E-state index contributed by atoms with van der Waals surface area (Å²) in [6.07, 6.45) is 3.40. The van der Waals surface area contributed by atoms with Gasteiger partial charge in [0, 0.05) is 23.6 Å². The van der Waals surface area contributed by atoms with Crippen LogP contribution in [0.15, 0.2) is 83.3 Å². The average molecular weight is 461 g/mol. The van der Waals surface area contributed by atoms with Gasteiger partial charge in [-0.05, 0) is 55.8 Å². The van der Waals surface area contributed by atoms with Gasteiger partial charge < -0.3 is 0 Å². The van der Waals surface area contributed by atoms with Gasteiger partial charge in [-0.2, -0.15) is 5.10 Å². The zero-order valence-electron chi connectivity index (χ0n) is 18.1. The molecule has 1 N–H and O–H groups in total. The van der Waals surface area contributed by atoms with E-state index in [0.717, 1.165) is 22.4 Å². The Morgan fingerprint density at radius 3 is 2.42 bits per heavy atom. The number of thioether (sulfide) groups is 1. The van der Waals surface area contributed by atoms with E-state index in [-0.39, 0.29) is 17.5 Å². The van der Waals surface area contributed by atoms with Gasteiger partial charge in [-0.3, -0.25) is 14.3 Å². The first-order valence-electron chi connectivity index (χ1n) is 10.2. The summed E-state index contributed by atoms with van der Waals surface area (Å²) < 4.78 is 15.0. The minimum atomic E-state index is -0.323. The fraction of sp³-hybridized carbons (Fsp3) is 0.125. The Kier molecular flexibility index (Phi) is 6.89. The van der Waals surface area contributed by atoms with Crippen LogP contribution in [0.5, 0.6) is 0 Å². The number of halogens is 1. The minimum Gasteiger partial charge on any atom is -0.272 e. The molecule has 0 aliphatic heterocycles. The summed E-state index contributed by atoms with van der Waals surface area (Å²) in [6, 6.07) is 17.7. The standard InChI is InChI=1S/C24H21FN6OS/c1-16-3-9-21(10-4-16)31-23(19-11-13-26-14-12-19)29-30-24(31)33-15-22(32)28-27-17(2)18-5-7-20(25)8-6-18/h3-14H,15H2,1-2H3,(H,28,32). The van der Waals surface area contributed by atoms with Crippen LogP contribution >= 0.6 is 11.8 Å². The van der Waals surface area contributed by atoms with Gasteiger partial charge in [-0.15, -0.1) is 10.2 Å². The van der Waals surface area contributed by atoms with Crippen molar-refractivity contribution in [3.8, 4) is 17.1 Å². The first kappa shape index (κ1) is 22.3. The maximum atomic E-state index is 13.1. The fourth-order valence-corrected chi connectivity index (χ4v) is 3.79. The quantitative estimate of drug-likeness (QED) is 0.251. The molecule has 2 heterocycles. The number of carbonyl (C=O) groups is 1. The van der Waals surface area contributed by atoms with E-state index >= 15 is 0 Å². The highest BCUT2D eigenvalue weighted by Crippen LogP contribution is 2.27. The van der Waals surface area contributed by atoms with E-state index in [2.05, 4.69) is 25.7 Å². The highest BCUT2D eigenvalue weighted by atomic mass is 32.2. The van der Waals surface area contributed by atoms with Crippen molar-refractivity contribution in [1.82, 2.24) is 25.2 Å². The number of hydrazone groups is 1. The van der Waals surface area contributed by atoms with Crippen LogP contribution < -0.4 is 5.43 Å². The van der Waals surface area contributed by atoms with Gasteiger partial charge in [0.1, 0.15) is 5.82 Å². The average Bonchev–Trinajstić information content (AvgIpc) is 3.26. The lowest BCUT2D eigenvalue weighted by Gasteiger charge is -2.10. The van der Waals surface area contributed by atoms with Crippen molar-refractivity contribution in [3.63, 3.8) is 0 Å². The summed E-state index contributed by atoms with van der Waals surface area (Å²) in [5, 5.41) is 13.4. The number of nitrogens with one attached hydrogen (secondary N) is 1. The van der Waals surface area contributed by atoms with Crippen LogP contribution in [0.4, 0.5) is 4.39 Å². The first-order chi connectivity index (χ1) is 16.0. The molecule has 2 aromatic carbocycles. The molecule has 0 fully saturated rings. The second kappa shape index (κ2) is 10.2. The molecular weight excluding hydrogens is 439 g/mol. The van der Waals surface area contributed by atoms with Gasteiger partial charge in [0.15, 0.2) is 11.0 Å². The molecule has 0 atom stereocenters. The van der Waals surface area contributed by atoms with Gasteiger partial charge in [0.25, 0.3) is 5.91 Å². The second-order valence-corrected chi connectivity index (χ2v) is 8.18. The van der Waals surface area contributed by atoms with E-state index in [1.165, 1.54) is 23.9 Å². The second-order valence-electron chi connectivity index (χ2n) is 7.24. The molecule has 0 saturated carbocycles. The van der Waals surface area contributed by atoms with Crippen molar-refractivity contribution < 1.29 is 9.18 Å². The van der Waals surface area contributed by atoms with Crippen molar-refractivity contribution in [2.45, 2.75) is 19.0 Å². The van der Waals surface area contributed by atoms with Crippen molar-refractivity contribution in [2.75, 3.05) is 5.75 Å². The van der Waals surface area contributed by atoms with Gasteiger partial charge in [0.05, 0.1) is 11.5 Å². The van der Waals surface area contributed by atoms with Crippen molar-refractivity contribution in [2.24, 2.45) is 5.10 Å². The maximum absolute atomic E-state index is 13.1. The first-order valence-corrected chi connectivity index (χ1v) is 11.1. The van der Waals surface area contributed by atoms with Gasteiger partial charge in [-0.1, -0.05) is 41.6 Å².